The van der Waals surface area contributed by atoms with Crippen LogP contribution in [0.2, 0.25) is 0 Å². The van der Waals surface area contributed by atoms with Gasteiger partial charge in [0.1, 0.15) is 0 Å². The van der Waals surface area contributed by atoms with Crippen molar-refractivity contribution in [2.24, 2.45) is 0 Å². The lowest BCUT2D eigenvalue weighted by atomic mass is 10.3. The first kappa shape index (κ1) is 5.52. The van der Waals surface area contributed by atoms with E-state index >= 15 is 0 Å². The maximum Gasteiger partial charge on any atom is 0.366 e. The Balaban J connectivity index is 2.26. The van der Waals surface area contributed by atoms with Gasteiger partial charge in [-0.1, -0.05) is 12.2 Å². The summed E-state index contributed by atoms with van der Waals surface area (Å²) < 4.78 is 0. The lowest BCUT2D eigenvalue weighted by Gasteiger charge is -1.88. The first-order valence-electron chi connectivity index (χ1n) is 2.74. The molecule has 0 aromatic rings. The van der Waals surface area contributed by atoms with Crippen molar-refractivity contribution in [1.29, 1.82) is 0 Å². The van der Waals surface area contributed by atoms with Gasteiger partial charge in [-0.25, -0.2) is 0 Å². The van der Waals surface area contributed by atoms with Crippen molar-refractivity contribution < 1.29 is 19.9 Å². The normalized spacial score (nSPS) is 21.6. The molecule has 0 aromatic carbocycles. The molecular formula is C6H4O4. The molecule has 0 bridgehead atoms. The van der Waals surface area contributed by atoms with E-state index in [-0.39, 0.29) is 5.95 Å². The quantitative estimate of drug-likeness (QED) is 0.473. The van der Waals surface area contributed by atoms with E-state index < -0.39 is 0 Å². The van der Waals surface area contributed by atoms with Crippen LogP contribution in [0.3, 0.4) is 0 Å². The van der Waals surface area contributed by atoms with Crippen LogP contribution < -0.4 is 0 Å². The van der Waals surface area contributed by atoms with Crippen LogP contribution in [0.25, 0.3) is 0 Å². The van der Waals surface area contributed by atoms with Crippen LogP contribution in [-0.2, 0) is 19.9 Å². The Morgan fingerprint density at radius 2 is 1.50 bits per heavy atom. The monoisotopic (exact) mass is 140 g/mol. The molecule has 4 nitrogen and oxygen atoms in total. The smallest absolute Gasteiger partial charge is 0.262 e. The Morgan fingerprint density at radius 3 is 2.10 bits per heavy atom. The average molecular weight is 140 g/mol. The molecule has 0 aromatic heterocycles. The van der Waals surface area contributed by atoms with E-state index in [9.17, 15) is 0 Å². The van der Waals surface area contributed by atoms with Crippen LogP contribution >= 0.6 is 0 Å². The molecule has 0 amide bonds. The van der Waals surface area contributed by atoms with E-state index in [1.54, 1.807) is 0 Å². The lowest BCUT2D eigenvalue weighted by Crippen LogP contribution is -1.83. The SMILES string of the molecule is C1=CC(=C2OOOO2)C=C1. The minimum absolute atomic E-state index is 0.227. The van der Waals surface area contributed by atoms with Gasteiger partial charge in [0.2, 0.25) is 0 Å². The predicted molar refractivity (Wildman–Crippen MR) is 29.6 cm³/mol. The summed E-state index contributed by atoms with van der Waals surface area (Å²) in [6.07, 6.45) is 7.33. The number of hydrogen-bond donors (Lipinski definition) is 0. The van der Waals surface area contributed by atoms with Crippen molar-refractivity contribution in [2.75, 3.05) is 0 Å². The highest BCUT2D eigenvalue weighted by Gasteiger charge is 2.17. The highest BCUT2D eigenvalue weighted by molar-refractivity contribution is 5.40. The van der Waals surface area contributed by atoms with E-state index in [1.165, 1.54) is 0 Å². The van der Waals surface area contributed by atoms with Crippen LogP contribution in [-0.4, -0.2) is 0 Å². The first-order chi connectivity index (χ1) is 4.97. The summed E-state index contributed by atoms with van der Waals surface area (Å²) >= 11 is 0. The van der Waals surface area contributed by atoms with Crippen molar-refractivity contribution in [2.45, 2.75) is 0 Å². The van der Waals surface area contributed by atoms with Gasteiger partial charge in [-0.05, 0) is 12.2 Å². The van der Waals surface area contributed by atoms with E-state index in [1.807, 2.05) is 24.3 Å². The Morgan fingerprint density at radius 1 is 0.900 bits per heavy atom. The molecule has 2 aliphatic rings. The number of rotatable bonds is 0. The fourth-order valence-electron chi connectivity index (χ4n) is 0.710. The molecule has 2 rings (SSSR count). The lowest BCUT2D eigenvalue weighted by molar-refractivity contribution is -0.532. The summed E-state index contributed by atoms with van der Waals surface area (Å²) in [6, 6.07) is 0. The molecule has 0 spiro atoms. The number of allylic oxidation sites excluding steroid dienone is 5. The molecule has 1 aliphatic heterocycles. The predicted octanol–water partition coefficient (Wildman–Crippen LogP) is 1.15. The Kier molecular flexibility index (Phi) is 1.20. The summed E-state index contributed by atoms with van der Waals surface area (Å²) in [5.74, 6) is 0.227. The van der Waals surface area contributed by atoms with Crippen molar-refractivity contribution in [3.05, 3.63) is 35.8 Å². The summed E-state index contributed by atoms with van der Waals surface area (Å²) in [7, 11) is 0. The van der Waals surface area contributed by atoms with Crippen molar-refractivity contribution in [3.8, 4) is 0 Å². The first-order valence-corrected chi connectivity index (χ1v) is 2.74. The molecule has 1 heterocycles. The second kappa shape index (κ2) is 2.17. The summed E-state index contributed by atoms with van der Waals surface area (Å²) in [5, 5.41) is 8.04. The molecule has 0 atom stereocenters. The highest BCUT2D eigenvalue weighted by atomic mass is 17.7. The van der Waals surface area contributed by atoms with E-state index in [0.717, 1.165) is 5.57 Å². The fraction of sp³-hybridized carbons (Fsp3) is 0. The molecule has 52 valence electrons. The largest absolute Gasteiger partial charge is 0.366 e. The summed E-state index contributed by atoms with van der Waals surface area (Å²) in [6.45, 7) is 0. The van der Waals surface area contributed by atoms with E-state index in [4.69, 9.17) is 0 Å². The second-order valence-electron chi connectivity index (χ2n) is 1.76. The molecule has 0 unspecified atom stereocenters. The second-order valence-corrected chi connectivity index (χ2v) is 1.76. The zero-order valence-corrected chi connectivity index (χ0v) is 4.94. The fourth-order valence-corrected chi connectivity index (χ4v) is 0.710. The molecule has 10 heavy (non-hydrogen) atoms. The molecule has 1 saturated heterocycles. The van der Waals surface area contributed by atoms with E-state index in [0.29, 0.717) is 0 Å². The van der Waals surface area contributed by atoms with Gasteiger partial charge in [0.25, 0.3) is 0 Å². The molecule has 1 aliphatic carbocycles. The van der Waals surface area contributed by atoms with Gasteiger partial charge in [-0.15, -0.1) is 0 Å². The Bertz CT molecular complexity index is 204. The van der Waals surface area contributed by atoms with Crippen LogP contribution in [0, 0.1) is 0 Å². The Labute approximate surface area is 56.7 Å². The molecule has 0 N–H and O–H groups in total. The topological polar surface area (TPSA) is 36.9 Å². The van der Waals surface area contributed by atoms with Crippen LogP contribution in [0.15, 0.2) is 35.8 Å². The third kappa shape index (κ3) is 0.792. The Hall–Kier alpha value is -1.26. The minimum Gasteiger partial charge on any atom is -0.262 e. The molecular weight excluding hydrogens is 136 g/mol. The third-order valence-electron chi connectivity index (χ3n) is 1.15. The van der Waals surface area contributed by atoms with Gasteiger partial charge in [0.15, 0.2) is 0 Å². The van der Waals surface area contributed by atoms with Gasteiger partial charge in [0, 0.05) is 10.1 Å². The van der Waals surface area contributed by atoms with Crippen LogP contribution in [0.4, 0.5) is 0 Å². The standard InChI is InChI=1S/C6H4O4/c1-2-4-5(3-1)6-7-9-10-8-6/h1-4H. The van der Waals surface area contributed by atoms with Crippen molar-refractivity contribution >= 4 is 0 Å². The van der Waals surface area contributed by atoms with Crippen molar-refractivity contribution in [3.63, 3.8) is 0 Å². The zero-order valence-electron chi connectivity index (χ0n) is 4.94. The maximum absolute atomic E-state index is 4.47. The van der Waals surface area contributed by atoms with E-state index in [2.05, 4.69) is 19.9 Å². The molecule has 4 heteroatoms. The van der Waals surface area contributed by atoms with Crippen LogP contribution in [0.1, 0.15) is 0 Å². The van der Waals surface area contributed by atoms with Crippen molar-refractivity contribution in [1.82, 2.24) is 0 Å². The maximum atomic E-state index is 4.47. The van der Waals surface area contributed by atoms with Gasteiger partial charge in [0.05, 0.1) is 5.57 Å². The van der Waals surface area contributed by atoms with Gasteiger partial charge >= 0.3 is 5.95 Å². The summed E-state index contributed by atoms with van der Waals surface area (Å²) in [5.41, 5.74) is 0.789. The minimum atomic E-state index is 0.227. The van der Waals surface area contributed by atoms with Gasteiger partial charge < -0.3 is 0 Å². The van der Waals surface area contributed by atoms with Gasteiger partial charge in [-0.2, -0.15) is 0 Å². The van der Waals surface area contributed by atoms with Crippen LogP contribution in [0.5, 0.6) is 0 Å². The molecule has 0 saturated carbocycles. The summed E-state index contributed by atoms with van der Waals surface area (Å²) in [4.78, 5) is 8.94. The highest BCUT2D eigenvalue weighted by Crippen LogP contribution is 2.20. The third-order valence-corrected chi connectivity index (χ3v) is 1.15. The number of hydrogen-bond acceptors (Lipinski definition) is 4. The van der Waals surface area contributed by atoms with Gasteiger partial charge in [-0.3, -0.25) is 9.78 Å². The average Bonchev–Trinajstić information content (AvgIpc) is 2.59. The molecule has 1 fully saturated rings. The molecule has 0 radical (unpaired) electrons. The zero-order chi connectivity index (χ0) is 6.81.